The number of hydrogen-bond acceptors (Lipinski definition) is 4. The van der Waals surface area contributed by atoms with E-state index in [0.29, 0.717) is 11.4 Å². The van der Waals surface area contributed by atoms with Crippen LogP contribution in [0.1, 0.15) is 28.9 Å². The third-order valence-electron chi connectivity index (χ3n) is 3.43. The molecule has 1 aliphatic carbocycles. The molecule has 2 aromatic heterocycles. The van der Waals surface area contributed by atoms with Crippen LogP contribution in [0.3, 0.4) is 0 Å². The molecule has 4 nitrogen and oxygen atoms in total. The third kappa shape index (κ3) is 2.15. The predicted octanol–water partition coefficient (Wildman–Crippen LogP) is 2.89. The molecule has 94 valence electrons. The van der Waals surface area contributed by atoms with E-state index in [1.807, 2.05) is 25.1 Å². The van der Waals surface area contributed by atoms with Crippen molar-refractivity contribution in [2.24, 2.45) is 0 Å². The van der Waals surface area contributed by atoms with E-state index in [0.717, 1.165) is 36.3 Å². The molecule has 0 saturated heterocycles. The van der Waals surface area contributed by atoms with Gasteiger partial charge in [0.25, 0.3) is 0 Å². The van der Waals surface area contributed by atoms with Gasteiger partial charge in [-0.3, -0.25) is 4.98 Å². The molecule has 0 bridgehead atoms. The molecule has 19 heavy (non-hydrogen) atoms. The largest absolute Gasteiger partial charge is 0.338 e. The van der Waals surface area contributed by atoms with Crippen LogP contribution >= 0.6 is 0 Å². The van der Waals surface area contributed by atoms with E-state index in [-0.39, 0.29) is 0 Å². The van der Waals surface area contributed by atoms with Crippen molar-refractivity contribution in [3.8, 4) is 6.07 Å². The van der Waals surface area contributed by atoms with Gasteiger partial charge in [0, 0.05) is 11.9 Å². The molecule has 0 atom stereocenters. The second-order valence-electron chi connectivity index (χ2n) is 4.72. The van der Waals surface area contributed by atoms with Crippen LogP contribution in [0.5, 0.6) is 0 Å². The van der Waals surface area contributed by atoms with Crippen molar-refractivity contribution in [3.05, 3.63) is 46.9 Å². The SMILES string of the molecule is Cc1ncccc1Nc1nc2c(cc1C#N)CCC2. The van der Waals surface area contributed by atoms with Gasteiger partial charge in [-0.1, -0.05) is 0 Å². The van der Waals surface area contributed by atoms with Crippen molar-refractivity contribution in [2.75, 3.05) is 5.32 Å². The van der Waals surface area contributed by atoms with Crippen molar-refractivity contribution in [1.29, 1.82) is 5.26 Å². The molecule has 1 aliphatic rings. The first-order valence-corrected chi connectivity index (χ1v) is 6.39. The van der Waals surface area contributed by atoms with Gasteiger partial charge in [0.1, 0.15) is 11.9 Å². The topological polar surface area (TPSA) is 61.6 Å². The monoisotopic (exact) mass is 250 g/mol. The lowest BCUT2D eigenvalue weighted by Gasteiger charge is -2.11. The third-order valence-corrected chi connectivity index (χ3v) is 3.43. The summed E-state index contributed by atoms with van der Waals surface area (Å²) in [6.07, 6.45) is 4.91. The summed E-state index contributed by atoms with van der Waals surface area (Å²) < 4.78 is 0. The highest BCUT2D eigenvalue weighted by molar-refractivity contribution is 5.65. The summed E-state index contributed by atoms with van der Waals surface area (Å²) in [6, 6.07) is 7.99. The van der Waals surface area contributed by atoms with Gasteiger partial charge in [0.05, 0.1) is 16.9 Å². The highest BCUT2D eigenvalue weighted by Gasteiger charge is 2.16. The minimum Gasteiger partial charge on any atom is -0.338 e. The van der Waals surface area contributed by atoms with Gasteiger partial charge in [-0.25, -0.2) is 4.98 Å². The minimum absolute atomic E-state index is 0.601. The number of aryl methyl sites for hydroxylation is 3. The molecule has 4 heteroatoms. The molecule has 0 fully saturated rings. The van der Waals surface area contributed by atoms with E-state index >= 15 is 0 Å². The molecule has 2 heterocycles. The van der Waals surface area contributed by atoms with E-state index in [9.17, 15) is 5.26 Å². The fourth-order valence-corrected chi connectivity index (χ4v) is 2.40. The standard InChI is InChI=1S/C15H14N4/c1-10-13(6-3-7-17-10)18-15-12(9-16)8-11-4-2-5-14(11)19-15/h3,6-8H,2,4-5H2,1H3,(H,18,19). The Balaban J connectivity index is 2.02. The maximum atomic E-state index is 9.25. The van der Waals surface area contributed by atoms with Crippen molar-refractivity contribution in [3.63, 3.8) is 0 Å². The van der Waals surface area contributed by atoms with E-state index in [2.05, 4.69) is 21.4 Å². The summed E-state index contributed by atoms with van der Waals surface area (Å²) in [6.45, 7) is 1.93. The van der Waals surface area contributed by atoms with Crippen LogP contribution in [0.2, 0.25) is 0 Å². The zero-order valence-corrected chi connectivity index (χ0v) is 10.8. The van der Waals surface area contributed by atoms with E-state index in [4.69, 9.17) is 0 Å². The number of fused-ring (bicyclic) bond motifs is 1. The molecule has 1 N–H and O–H groups in total. The summed E-state index contributed by atoms with van der Waals surface area (Å²) in [7, 11) is 0. The maximum absolute atomic E-state index is 9.25. The molecule has 2 aromatic rings. The summed E-state index contributed by atoms with van der Waals surface area (Å²) in [5, 5.41) is 12.5. The average molecular weight is 250 g/mol. The molecule has 3 rings (SSSR count). The van der Waals surface area contributed by atoms with Gasteiger partial charge >= 0.3 is 0 Å². The molecule has 0 unspecified atom stereocenters. The Bertz CT molecular complexity index is 670. The van der Waals surface area contributed by atoms with Crippen molar-refractivity contribution < 1.29 is 0 Å². The Morgan fingerprint density at radius 3 is 3.05 bits per heavy atom. The van der Waals surface area contributed by atoms with Gasteiger partial charge in [-0.2, -0.15) is 5.26 Å². The first kappa shape index (κ1) is 11.7. The zero-order chi connectivity index (χ0) is 13.2. The second-order valence-corrected chi connectivity index (χ2v) is 4.72. The first-order chi connectivity index (χ1) is 9.28. The molecule has 0 amide bonds. The van der Waals surface area contributed by atoms with Crippen molar-refractivity contribution >= 4 is 11.5 Å². The smallest absolute Gasteiger partial charge is 0.148 e. The average Bonchev–Trinajstić information content (AvgIpc) is 2.87. The summed E-state index contributed by atoms with van der Waals surface area (Å²) in [4.78, 5) is 8.83. The van der Waals surface area contributed by atoms with Crippen LogP contribution in [-0.4, -0.2) is 9.97 Å². The number of nitrogens with zero attached hydrogens (tertiary/aromatic N) is 3. The van der Waals surface area contributed by atoms with Crippen LogP contribution < -0.4 is 5.32 Å². The number of pyridine rings is 2. The molecular weight excluding hydrogens is 236 g/mol. The van der Waals surface area contributed by atoms with Crippen LogP contribution in [0.4, 0.5) is 11.5 Å². The summed E-state index contributed by atoms with van der Waals surface area (Å²) >= 11 is 0. The lowest BCUT2D eigenvalue weighted by Crippen LogP contribution is -2.02. The number of nitrogens with one attached hydrogen (secondary N) is 1. The number of anilines is 2. The van der Waals surface area contributed by atoms with Gasteiger partial charge in [0.15, 0.2) is 0 Å². The Morgan fingerprint density at radius 1 is 1.37 bits per heavy atom. The normalized spacial score (nSPS) is 12.8. The number of nitriles is 1. The van der Waals surface area contributed by atoms with E-state index in [1.54, 1.807) is 6.20 Å². The zero-order valence-electron chi connectivity index (χ0n) is 10.8. The molecule has 0 aliphatic heterocycles. The van der Waals surface area contributed by atoms with Gasteiger partial charge in [-0.15, -0.1) is 0 Å². The van der Waals surface area contributed by atoms with E-state index in [1.165, 1.54) is 5.56 Å². The van der Waals surface area contributed by atoms with Gasteiger partial charge in [0.2, 0.25) is 0 Å². The Morgan fingerprint density at radius 2 is 2.26 bits per heavy atom. The lowest BCUT2D eigenvalue weighted by atomic mass is 10.1. The Hall–Kier alpha value is -2.41. The molecule has 0 spiro atoms. The van der Waals surface area contributed by atoms with Crippen LogP contribution in [0.25, 0.3) is 0 Å². The highest BCUT2D eigenvalue weighted by atomic mass is 15.0. The number of hydrogen-bond donors (Lipinski definition) is 1. The highest BCUT2D eigenvalue weighted by Crippen LogP contribution is 2.27. The first-order valence-electron chi connectivity index (χ1n) is 6.39. The van der Waals surface area contributed by atoms with E-state index < -0.39 is 0 Å². The maximum Gasteiger partial charge on any atom is 0.148 e. The molecule has 0 radical (unpaired) electrons. The van der Waals surface area contributed by atoms with Crippen molar-refractivity contribution in [1.82, 2.24) is 9.97 Å². The van der Waals surface area contributed by atoms with Crippen LogP contribution in [-0.2, 0) is 12.8 Å². The van der Waals surface area contributed by atoms with Crippen LogP contribution in [0.15, 0.2) is 24.4 Å². The van der Waals surface area contributed by atoms with Crippen LogP contribution in [0, 0.1) is 18.3 Å². The number of rotatable bonds is 2. The van der Waals surface area contributed by atoms with Gasteiger partial charge in [-0.05, 0) is 49.9 Å². The minimum atomic E-state index is 0.601. The second kappa shape index (κ2) is 4.69. The fourth-order valence-electron chi connectivity index (χ4n) is 2.40. The molecular formula is C15H14N4. The Kier molecular flexibility index (Phi) is 2.88. The fraction of sp³-hybridized carbons (Fsp3) is 0.267. The summed E-state index contributed by atoms with van der Waals surface area (Å²) in [5.41, 5.74) is 4.72. The lowest BCUT2D eigenvalue weighted by molar-refractivity contribution is 0.900. The predicted molar refractivity (Wildman–Crippen MR) is 73.2 cm³/mol. The van der Waals surface area contributed by atoms with Gasteiger partial charge < -0.3 is 5.32 Å². The Labute approximate surface area is 112 Å². The number of aromatic nitrogens is 2. The molecule has 0 saturated carbocycles. The quantitative estimate of drug-likeness (QED) is 0.890. The summed E-state index contributed by atoms with van der Waals surface area (Å²) in [5.74, 6) is 0.638. The van der Waals surface area contributed by atoms with Crippen molar-refractivity contribution in [2.45, 2.75) is 26.2 Å². The molecule has 0 aromatic carbocycles.